The molecular weight excluding hydrogens is 394 g/mol. The van der Waals surface area contributed by atoms with Crippen LogP contribution >= 0.6 is 0 Å². The van der Waals surface area contributed by atoms with Crippen molar-refractivity contribution >= 4 is 22.6 Å². The fourth-order valence-corrected chi connectivity index (χ4v) is 3.55. The van der Waals surface area contributed by atoms with Gasteiger partial charge in [-0.15, -0.1) is 0 Å². The summed E-state index contributed by atoms with van der Waals surface area (Å²) in [4.78, 5) is 31.1. The van der Waals surface area contributed by atoms with Gasteiger partial charge in [0.2, 0.25) is 0 Å². The van der Waals surface area contributed by atoms with Gasteiger partial charge in [-0.05, 0) is 49.4 Å². The Morgan fingerprint density at radius 3 is 2.65 bits per heavy atom. The van der Waals surface area contributed by atoms with E-state index in [1.807, 2.05) is 43.3 Å². The molecule has 0 saturated carbocycles. The first-order valence-electron chi connectivity index (χ1n) is 9.61. The highest BCUT2D eigenvalue weighted by Crippen LogP contribution is 2.23. The van der Waals surface area contributed by atoms with E-state index in [9.17, 15) is 9.59 Å². The summed E-state index contributed by atoms with van der Waals surface area (Å²) in [7, 11) is 0. The van der Waals surface area contributed by atoms with Gasteiger partial charge in [0.1, 0.15) is 5.82 Å². The van der Waals surface area contributed by atoms with Crippen LogP contribution in [0.4, 0.5) is 5.69 Å². The summed E-state index contributed by atoms with van der Waals surface area (Å²) in [5.41, 5.74) is 4.36. The summed E-state index contributed by atoms with van der Waals surface area (Å²) in [5, 5.41) is 6.54. The highest BCUT2D eigenvalue weighted by atomic mass is 16.5. The third-order valence-corrected chi connectivity index (χ3v) is 4.93. The molecule has 2 heterocycles. The second-order valence-electron chi connectivity index (χ2n) is 7.01. The average Bonchev–Trinajstić information content (AvgIpc) is 3.36. The van der Waals surface area contributed by atoms with Crippen LogP contribution in [0.25, 0.3) is 28.1 Å². The minimum Gasteiger partial charge on any atom is -0.322 e. The molecule has 0 spiro atoms. The predicted molar refractivity (Wildman–Crippen MR) is 116 cm³/mol. The van der Waals surface area contributed by atoms with Crippen LogP contribution in [-0.4, -0.2) is 25.6 Å². The average molecular weight is 411 g/mol. The highest BCUT2D eigenvalue weighted by Gasteiger charge is 2.13. The van der Waals surface area contributed by atoms with Crippen molar-refractivity contribution in [3.63, 3.8) is 0 Å². The summed E-state index contributed by atoms with van der Waals surface area (Å²) in [5.74, 6) is 0.236. The summed E-state index contributed by atoms with van der Waals surface area (Å²) < 4.78 is 6.59. The normalized spacial score (nSPS) is 11.0. The molecule has 8 heteroatoms. The number of aromatic nitrogens is 4. The van der Waals surface area contributed by atoms with Crippen molar-refractivity contribution in [2.75, 3.05) is 5.32 Å². The lowest BCUT2D eigenvalue weighted by atomic mass is 10.1. The van der Waals surface area contributed by atoms with Crippen LogP contribution in [0.5, 0.6) is 0 Å². The van der Waals surface area contributed by atoms with Crippen LogP contribution in [0.15, 0.2) is 82.1 Å². The van der Waals surface area contributed by atoms with E-state index < -0.39 is 5.76 Å². The SMILES string of the molecule is Cc1nc2cc(C(=O)Nc3cccc(-c4noc(=O)[nH]4)c3)ccc2n1-c1ccccc1. The Hall–Kier alpha value is -4.46. The number of carbonyl (C=O) groups is 1. The topological polar surface area (TPSA) is 106 Å². The molecule has 5 rings (SSSR count). The minimum absolute atomic E-state index is 0.264. The van der Waals surface area contributed by atoms with Crippen LogP contribution in [0.2, 0.25) is 0 Å². The number of hydrogen-bond acceptors (Lipinski definition) is 5. The van der Waals surface area contributed by atoms with Crippen molar-refractivity contribution in [3.8, 4) is 17.1 Å². The summed E-state index contributed by atoms with van der Waals surface area (Å²) in [6.45, 7) is 1.94. The third kappa shape index (κ3) is 3.51. The largest absolute Gasteiger partial charge is 0.439 e. The van der Waals surface area contributed by atoms with Gasteiger partial charge in [0.25, 0.3) is 5.91 Å². The van der Waals surface area contributed by atoms with E-state index in [2.05, 4.69) is 29.5 Å². The van der Waals surface area contributed by atoms with Crippen molar-refractivity contribution in [1.82, 2.24) is 19.7 Å². The van der Waals surface area contributed by atoms with Gasteiger partial charge in [-0.2, -0.15) is 0 Å². The zero-order valence-corrected chi connectivity index (χ0v) is 16.5. The molecule has 0 radical (unpaired) electrons. The number of imidazole rings is 1. The number of H-pyrrole nitrogens is 1. The molecule has 0 aliphatic heterocycles. The molecule has 8 nitrogen and oxygen atoms in total. The number of hydrogen-bond donors (Lipinski definition) is 2. The number of nitrogens with one attached hydrogen (secondary N) is 2. The van der Waals surface area contributed by atoms with Gasteiger partial charge in [0.05, 0.1) is 11.0 Å². The fourth-order valence-electron chi connectivity index (χ4n) is 3.55. The maximum absolute atomic E-state index is 12.8. The van der Waals surface area contributed by atoms with E-state index in [1.54, 1.807) is 36.4 Å². The Kier molecular flexibility index (Phi) is 4.44. The van der Waals surface area contributed by atoms with Crippen molar-refractivity contribution in [1.29, 1.82) is 0 Å². The van der Waals surface area contributed by atoms with Crippen molar-refractivity contribution in [2.45, 2.75) is 6.92 Å². The van der Waals surface area contributed by atoms with Gasteiger partial charge >= 0.3 is 5.76 Å². The zero-order valence-electron chi connectivity index (χ0n) is 16.5. The Morgan fingerprint density at radius 2 is 1.87 bits per heavy atom. The number of aromatic amines is 1. The molecule has 0 aliphatic rings. The molecule has 0 aliphatic carbocycles. The van der Waals surface area contributed by atoms with Crippen LogP contribution in [0, 0.1) is 6.92 Å². The monoisotopic (exact) mass is 411 g/mol. The molecule has 0 atom stereocenters. The highest BCUT2D eigenvalue weighted by molar-refractivity contribution is 6.06. The second kappa shape index (κ2) is 7.42. The number of carbonyl (C=O) groups excluding carboxylic acids is 1. The molecular formula is C23H17N5O3. The van der Waals surface area contributed by atoms with E-state index in [0.717, 1.165) is 22.5 Å². The smallest absolute Gasteiger partial charge is 0.322 e. The van der Waals surface area contributed by atoms with Gasteiger partial charge in [-0.1, -0.05) is 35.5 Å². The zero-order chi connectivity index (χ0) is 21.4. The molecule has 31 heavy (non-hydrogen) atoms. The molecule has 2 aromatic heterocycles. The third-order valence-electron chi connectivity index (χ3n) is 4.93. The van der Waals surface area contributed by atoms with Gasteiger partial charge in [0.15, 0.2) is 5.82 Å². The van der Waals surface area contributed by atoms with Gasteiger partial charge < -0.3 is 5.32 Å². The molecule has 2 N–H and O–H groups in total. The summed E-state index contributed by atoms with van der Waals surface area (Å²) in [6, 6.07) is 22.4. The van der Waals surface area contributed by atoms with E-state index in [-0.39, 0.29) is 5.91 Å². The number of nitrogens with zero attached hydrogens (tertiary/aromatic N) is 3. The number of aryl methyl sites for hydroxylation is 1. The predicted octanol–water partition coefficient (Wildman–Crippen LogP) is 3.93. The van der Waals surface area contributed by atoms with E-state index in [4.69, 9.17) is 0 Å². The molecule has 0 saturated heterocycles. The number of benzene rings is 3. The number of amides is 1. The maximum Gasteiger partial charge on any atom is 0.439 e. The number of rotatable bonds is 4. The quantitative estimate of drug-likeness (QED) is 0.466. The first-order chi connectivity index (χ1) is 15.1. The molecule has 0 bridgehead atoms. The number of anilines is 1. The molecule has 152 valence electrons. The summed E-state index contributed by atoms with van der Waals surface area (Å²) in [6.07, 6.45) is 0. The first-order valence-corrected chi connectivity index (χ1v) is 9.61. The van der Waals surface area contributed by atoms with Gasteiger partial charge in [-0.3, -0.25) is 18.9 Å². The van der Waals surface area contributed by atoms with E-state index in [1.165, 1.54) is 0 Å². The standard InChI is InChI=1S/C23H17N5O3/c1-14-24-19-13-16(10-11-20(19)28(14)18-8-3-2-4-9-18)22(29)25-17-7-5-6-15(12-17)21-26-23(30)31-27-21/h2-13H,1H3,(H,25,29)(H,26,27,30). The fraction of sp³-hybridized carbons (Fsp3) is 0.0435. The van der Waals surface area contributed by atoms with Crippen LogP contribution in [0.3, 0.4) is 0 Å². The molecule has 3 aromatic carbocycles. The first kappa shape index (κ1) is 18.6. The van der Waals surface area contributed by atoms with E-state index in [0.29, 0.717) is 22.6 Å². The Balaban J connectivity index is 1.44. The second-order valence-corrected chi connectivity index (χ2v) is 7.01. The molecule has 5 aromatic rings. The van der Waals surface area contributed by atoms with Gasteiger partial charge in [-0.25, -0.2) is 9.78 Å². The molecule has 0 fully saturated rings. The Morgan fingerprint density at radius 1 is 1.03 bits per heavy atom. The van der Waals surface area contributed by atoms with Crippen LogP contribution in [0.1, 0.15) is 16.2 Å². The lowest BCUT2D eigenvalue weighted by Gasteiger charge is -2.08. The summed E-state index contributed by atoms with van der Waals surface area (Å²) >= 11 is 0. The van der Waals surface area contributed by atoms with Crippen LogP contribution < -0.4 is 11.1 Å². The molecule has 1 amide bonds. The van der Waals surface area contributed by atoms with Crippen molar-refractivity contribution < 1.29 is 9.32 Å². The number of para-hydroxylation sites is 1. The number of fused-ring (bicyclic) bond motifs is 1. The lowest BCUT2D eigenvalue weighted by molar-refractivity contribution is 0.102. The minimum atomic E-state index is -0.636. The van der Waals surface area contributed by atoms with Crippen LogP contribution in [-0.2, 0) is 0 Å². The lowest BCUT2D eigenvalue weighted by Crippen LogP contribution is -2.11. The maximum atomic E-state index is 12.8. The Labute approximate surface area is 176 Å². The van der Waals surface area contributed by atoms with Crippen molar-refractivity contribution in [3.05, 3.63) is 94.7 Å². The van der Waals surface area contributed by atoms with Crippen molar-refractivity contribution in [2.24, 2.45) is 0 Å². The Bertz CT molecular complexity index is 1460. The molecule has 0 unspecified atom stereocenters. The van der Waals surface area contributed by atoms with Gasteiger partial charge in [0, 0.05) is 22.5 Å². The van der Waals surface area contributed by atoms with E-state index >= 15 is 0 Å².